The van der Waals surface area contributed by atoms with Gasteiger partial charge in [-0.3, -0.25) is 0 Å². The smallest absolute Gasteiger partial charge is 0.0465 e. The minimum atomic E-state index is -0.164. The normalized spacial score (nSPS) is 13.7. The summed E-state index contributed by atoms with van der Waals surface area (Å²) >= 11 is 0. The van der Waals surface area contributed by atoms with Gasteiger partial charge >= 0.3 is 0 Å². The summed E-state index contributed by atoms with van der Waals surface area (Å²) in [6.07, 6.45) is 9.06. The van der Waals surface area contributed by atoms with Crippen LogP contribution in [0, 0.1) is 27.7 Å². The lowest BCUT2D eigenvalue weighted by molar-refractivity contribution is 0.660. The highest BCUT2D eigenvalue weighted by molar-refractivity contribution is 6.08. The van der Waals surface area contributed by atoms with Crippen molar-refractivity contribution in [2.24, 2.45) is 0 Å². The van der Waals surface area contributed by atoms with Crippen LogP contribution in [-0.2, 0) is 10.8 Å². The Kier molecular flexibility index (Phi) is 11.8. The van der Waals surface area contributed by atoms with Gasteiger partial charge in [0.15, 0.2) is 0 Å². The molecule has 2 aliphatic carbocycles. The summed E-state index contributed by atoms with van der Waals surface area (Å²) in [5.74, 6) is 0. The first-order valence-electron chi connectivity index (χ1n) is 27.5. The summed E-state index contributed by atoms with van der Waals surface area (Å²) in [6, 6.07) is 81.7. The number of hydrogen-bond acceptors (Lipinski definition) is 2. The third kappa shape index (κ3) is 8.63. The van der Waals surface area contributed by atoms with Gasteiger partial charge in [0.05, 0.1) is 0 Å². The quantitative estimate of drug-likeness (QED) is 0.0995. The van der Waals surface area contributed by atoms with Crippen molar-refractivity contribution >= 4 is 80.0 Å². The van der Waals surface area contributed by atoms with E-state index in [1.54, 1.807) is 0 Å². The highest BCUT2D eigenvalue weighted by Crippen LogP contribution is 2.53. The standard InChI is InChI=1S/C76H64N2/c1-49-9-27-59(28-10-49)77(60-29-11-50(2)12-30-60)63-35-41-69-67-39-23-55(45-71(67)75(5,6)73(69)47-63)19-17-53-21-37-65-57(43-53)25-26-58-44-54(22-38-66(58)65)18-20-56-24-40-68-70-42-36-64(48-74(70)76(7,8)72(68)46-56)78(61-31-13-51(3)14-32-61)62-33-15-52(4)16-34-62/h9-48H,1-8H3. The van der Waals surface area contributed by atoms with E-state index >= 15 is 0 Å². The monoisotopic (exact) mass is 1000 g/mol. The fraction of sp³-hybridized carbons (Fsp3) is 0.132. The third-order valence-electron chi connectivity index (χ3n) is 16.9. The van der Waals surface area contributed by atoms with Crippen LogP contribution >= 0.6 is 0 Å². The zero-order chi connectivity index (χ0) is 53.5. The van der Waals surface area contributed by atoms with Gasteiger partial charge in [-0.05, 0) is 201 Å². The summed E-state index contributed by atoms with van der Waals surface area (Å²) in [5.41, 5.74) is 27.2. The van der Waals surface area contributed by atoms with Crippen molar-refractivity contribution in [3.63, 3.8) is 0 Å². The molecule has 0 radical (unpaired) electrons. The molecule has 0 saturated heterocycles. The molecule has 2 aliphatic rings. The Hall–Kier alpha value is -8.98. The Morgan fingerprint density at radius 2 is 0.513 bits per heavy atom. The van der Waals surface area contributed by atoms with Crippen molar-refractivity contribution in [3.8, 4) is 22.3 Å². The molecule has 11 aromatic rings. The van der Waals surface area contributed by atoms with Crippen molar-refractivity contribution in [1.82, 2.24) is 0 Å². The number of anilines is 6. The summed E-state index contributed by atoms with van der Waals surface area (Å²) < 4.78 is 0. The van der Waals surface area contributed by atoms with Gasteiger partial charge in [-0.2, -0.15) is 0 Å². The minimum absolute atomic E-state index is 0.164. The van der Waals surface area contributed by atoms with Gasteiger partial charge in [0.2, 0.25) is 0 Å². The highest BCUT2D eigenvalue weighted by Gasteiger charge is 2.37. The first-order valence-corrected chi connectivity index (χ1v) is 27.5. The van der Waals surface area contributed by atoms with E-state index in [1.165, 1.54) is 122 Å². The van der Waals surface area contributed by atoms with Crippen LogP contribution < -0.4 is 9.80 Å². The van der Waals surface area contributed by atoms with Crippen molar-refractivity contribution in [2.45, 2.75) is 66.2 Å². The molecule has 0 bridgehead atoms. The molecule has 0 spiro atoms. The molecule has 0 fully saturated rings. The lowest BCUT2D eigenvalue weighted by Gasteiger charge is -2.28. The number of hydrogen-bond donors (Lipinski definition) is 0. The van der Waals surface area contributed by atoms with Gasteiger partial charge in [0.25, 0.3) is 0 Å². The summed E-state index contributed by atoms with van der Waals surface area (Å²) in [7, 11) is 0. The van der Waals surface area contributed by atoms with Gasteiger partial charge in [0.1, 0.15) is 0 Å². The molecular formula is C76H64N2. The second-order valence-corrected chi connectivity index (χ2v) is 23.0. The molecule has 0 aliphatic heterocycles. The van der Waals surface area contributed by atoms with E-state index in [0.717, 1.165) is 22.7 Å². The molecule has 0 amide bonds. The first kappa shape index (κ1) is 48.6. The second-order valence-electron chi connectivity index (χ2n) is 23.0. The molecule has 2 heteroatoms. The average molecular weight is 1010 g/mol. The average Bonchev–Trinajstić information content (AvgIpc) is 4.06. The zero-order valence-electron chi connectivity index (χ0n) is 46.0. The molecular weight excluding hydrogens is 941 g/mol. The summed E-state index contributed by atoms with van der Waals surface area (Å²) in [4.78, 5) is 4.76. The highest BCUT2D eigenvalue weighted by atomic mass is 15.1. The van der Waals surface area contributed by atoms with Crippen molar-refractivity contribution < 1.29 is 0 Å². The van der Waals surface area contributed by atoms with Crippen LogP contribution in [0.25, 0.3) is 68.1 Å². The molecule has 0 aromatic heterocycles. The number of aryl methyl sites for hydroxylation is 4. The van der Waals surface area contributed by atoms with E-state index in [0.29, 0.717) is 0 Å². The lowest BCUT2D eigenvalue weighted by Crippen LogP contribution is -2.16. The molecule has 0 unspecified atom stereocenters. The van der Waals surface area contributed by atoms with Gasteiger partial charge in [0, 0.05) is 45.0 Å². The number of fused-ring (bicyclic) bond motifs is 9. The topological polar surface area (TPSA) is 6.48 Å². The van der Waals surface area contributed by atoms with Crippen LogP contribution in [0.3, 0.4) is 0 Å². The molecule has 11 aromatic carbocycles. The van der Waals surface area contributed by atoms with E-state index in [1.807, 2.05) is 0 Å². The van der Waals surface area contributed by atoms with Crippen molar-refractivity contribution in [2.75, 3.05) is 9.80 Å². The van der Waals surface area contributed by atoms with E-state index < -0.39 is 0 Å². The first-order chi connectivity index (χ1) is 37.7. The Morgan fingerprint density at radius 1 is 0.256 bits per heavy atom. The van der Waals surface area contributed by atoms with Gasteiger partial charge in [-0.15, -0.1) is 0 Å². The van der Waals surface area contributed by atoms with E-state index in [-0.39, 0.29) is 10.8 Å². The molecule has 78 heavy (non-hydrogen) atoms. The SMILES string of the molecule is Cc1ccc(N(c2ccc(C)cc2)c2ccc3c(c2)C(C)(C)c2cc(C=Cc4ccc5c(ccc6cc(C=Cc7ccc8c(c7)C(C)(C)c7cc(N(c9ccc(C)cc9)c9ccc(C)cc9)ccc7-8)ccc65)c4)ccc2-3)cc1. The van der Waals surface area contributed by atoms with E-state index in [4.69, 9.17) is 0 Å². The Balaban J connectivity index is 0.722. The predicted octanol–water partition coefficient (Wildman–Crippen LogP) is 21.1. The Labute approximate surface area is 460 Å². The maximum absolute atomic E-state index is 2.41. The molecule has 0 saturated carbocycles. The second kappa shape index (κ2) is 18.9. The largest absolute Gasteiger partial charge is 0.310 e. The van der Waals surface area contributed by atoms with Crippen molar-refractivity contribution in [1.29, 1.82) is 0 Å². The minimum Gasteiger partial charge on any atom is -0.310 e. The zero-order valence-corrected chi connectivity index (χ0v) is 46.0. The van der Waals surface area contributed by atoms with Crippen LogP contribution in [0.2, 0.25) is 0 Å². The fourth-order valence-electron chi connectivity index (χ4n) is 12.3. The molecule has 378 valence electrons. The number of nitrogens with zero attached hydrogens (tertiary/aromatic N) is 2. The van der Waals surface area contributed by atoms with Crippen LogP contribution in [0.1, 0.15) is 94.5 Å². The van der Waals surface area contributed by atoms with E-state index in [2.05, 4.69) is 308 Å². The molecule has 2 nitrogen and oxygen atoms in total. The molecule has 0 heterocycles. The van der Waals surface area contributed by atoms with Crippen LogP contribution in [-0.4, -0.2) is 0 Å². The number of benzene rings is 11. The lowest BCUT2D eigenvalue weighted by atomic mass is 9.81. The maximum atomic E-state index is 2.41. The van der Waals surface area contributed by atoms with Crippen LogP contribution in [0.4, 0.5) is 34.1 Å². The van der Waals surface area contributed by atoms with Crippen LogP contribution in [0.15, 0.2) is 218 Å². The number of rotatable bonds is 10. The van der Waals surface area contributed by atoms with E-state index in [9.17, 15) is 0 Å². The molecule has 0 N–H and O–H groups in total. The summed E-state index contributed by atoms with van der Waals surface area (Å²) in [6.45, 7) is 18.1. The van der Waals surface area contributed by atoms with Crippen LogP contribution in [0.5, 0.6) is 0 Å². The fourth-order valence-corrected chi connectivity index (χ4v) is 12.3. The maximum Gasteiger partial charge on any atom is 0.0465 e. The Bertz CT molecular complexity index is 3840. The summed E-state index contributed by atoms with van der Waals surface area (Å²) in [5, 5.41) is 5.02. The predicted molar refractivity (Wildman–Crippen MR) is 336 cm³/mol. The molecule has 13 rings (SSSR count). The van der Waals surface area contributed by atoms with Gasteiger partial charge < -0.3 is 9.80 Å². The Morgan fingerprint density at radius 3 is 0.833 bits per heavy atom. The van der Waals surface area contributed by atoms with Gasteiger partial charge in [-0.25, -0.2) is 0 Å². The third-order valence-corrected chi connectivity index (χ3v) is 16.9. The van der Waals surface area contributed by atoms with Crippen molar-refractivity contribution in [3.05, 3.63) is 285 Å². The molecule has 0 atom stereocenters. The van der Waals surface area contributed by atoms with Gasteiger partial charge in [-0.1, -0.05) is 208 Å².